The second kappa shape index (κ2) is 9.70. The van der Waals surface area contributed by atoms with E-state index >= 15 is 0 Å². The number of hydrogen-bond donors (Lipinski definition) is 1. The van der Waals surface area contributed by atoms with Gasteiger partial charge in [-0.2, -0.15) is 5.10 Å². The van der Waals surface area contributed by atoms with Crippen molar-refractivity contribution in [2.75, 3.05) is 12.4 Å². The first-order valence-corrected chi connectivity index (χ1v) is 10.9. The fourth-order valence-corrected chi connectivity index (χ4v) is 3.61. The van der Waals surface area contributed by atoms with Gasteiger partial charge in [-0.15, -0.1) is 0 Å². The van der Waals surface area contributed by atoms with Gasteiger partial charge in [0.2, 0.25) is 5.91 Å². The lowest BCUT2D eigenvalue weighted by Gasteiger charge is -2.18. The zero-order valence-corrected chi connectivity index (χ0v) is 19.2. The van der Waals surface area contributed by atoms with Crippen LogP contribution < -0.4 is 5.32 Å². The molecular formula is C27H25FN4O2. The van der Waals surface area contributed by atoms with Gasteiger partial charge in [-0.1, -0.05) is 42.0 Å². The molecule has 0 spiro atoms. The molecule has 4 aromatic rings. The van der Waals surface area contributed by atoms with E-state index in [0.717, 1.165) is 16.7 Å². The summed E-state index contributed by atoms with van der Waals surface area (Å²) in [5, 5.41) is 7.64. The molecule has 0 bridgehead atoms. The number of benzene rings is 3. The molecule has 6 nitrogen and oxygen atoms in total. The predicted molar refractivity (Wildman–Crippen MR) is 130 cm³/mol. The highest BCUT2D eigenvalue weighted by molar-refractivity contribution is 6.08. The highest BCUT2D eigenvalue weighted by Crippen LogP contribution is 2.26. The molecule has 1 heterocycles. The van der Waals surface area contributed by atoms with Crippen molar-refractivity contribution in [3.8, 4) is 16.9 Å². The number of nitrogens with zero attached hydrogens (tertiary/aromatic N) is 3. The summed E-state index contributed by atoms with van der Waals surface area (Å²) < 4.78 is 15.0. The van der Waals surface area contributed by atoms with Gasteiger partial charge in [0, 0.05) is 38.0 Å². The van der Waals surface area contributed by atoms with E-state index in [4.69, 9.17) is 0 Å². The lowest BCUT2D eigenvalue weighted by molar-refractivity contribution is -0.128. The van der Waals surface area contributed by atoms with Crippen molar-refractivity contribution in [2.45, 2.75) is 20.4 Å². The minimum absolute atomic E-state index is 0.0663. The van der Waals surface area contributed by atoms with Crippen LogP contribution in [0.1, 0.15) is 28.4 Å². The molecule has 0 fully saturated rings. The van der Waals surface area contributed by atoms with Crippen molar-refractivity contribution >= 4 is 17.5 Å². The highest BCUT2D eigenvalue weighted by Gasteiger charge is 2.20. The molecule has 1 aromatic heterocycles. The first-order valence-electron chi connectivity index (χ1n) is 10.9. The Bertz CT molecular complexity index is 1350. The lowest BCUT2D eigenvalue weighted by atomic mass is 10.1. The van der Waals surface area contributed by atoms with Gasteiger partial charge in [-0.25, -0.2) is 9.07 Å². The number of hydrogen-bond acceptors (Lipinski definition) is 3. The Balaban J connectivity index is 1.73. The van der Waals surface area contributed by atoms with Crippen LogP contribution in [0.3, 0.4) is 0 Å². The van der Waals surface area contributed by atoms with E-state index in [-0.39, 0.29) is 17.6 Å². The summed E-state index contributed by atoms with van der Waals surface area (Å²) in [7, 11) is 1.71. The third-order valence-corrected chi connectivity index (χ3v) is 5.55. The Labute approximate surface area is 197 Å². The second-order valence-corrected chi connectivity index (χ2v) is 8.17. The molecule has 3 aromatic carbocycles. The van der Waals surface area contributed by atoms with Crippen LogP contribution in [-0.2, 0) is 11.3 Å². The van der Waals surface area contributed by atoms with Crippen molar-refractivity contribution in [3.63, 3.8) is 0 Å². The molecule has 1 N–H and O–H groups in total. The van der Waals surface area contributed by atoms with E-state index in [2.05, 4.69) is 10.4 Å². The van der Waals surface area contributed by atoms with Crippen molar-refractivity contribution in [1.29, 1.82) is 0 Å². The van der Waals surface area contributed by atoms with Crippen LogP contribution in [0.2, 0.25) is 0 Å². The summed E-state index contributed by atoms with van der Waals surface area (Å²) in [5.74, 6) is -0.744. The molecule has 0 unspecified atom stereocenters. The topological polar surface area (TPSA) is 67.2 Å². The number of para-hydroxylation sites is 1. The van der Waals surface area contributed by atoms with E-state index in [1.165, 1.54) is 19.1 Å². The third-order valence-electron chi connectivity index (χ3n) is 5.55. The Kier molecular flexibility index (Phi) is 6.54. The van der Waals surface area contributed by atoms with Gasteiger partial charge in [0.05, 0.1) is 11.3 Å². The van der Waals surface area contributed by atoms with Crippen LogP contribution in [0.5, 0.6) is 0 Å². The Morgan fingerprint density at radius 1 is 1.03 bits per heavy atom. The lowest BCUT2D eigenvalue weighted by Crippen LogP contribution is -2.24. The van der Waals surface area contributed by atoms with Crippen molar-refractivity contribution in [3.05, 3.63) is 102 Å². The molecule has 0 aliphatic rings. The molecule has 172 valence electrons. The summed E-state index contributed by atoms with van der Waals surface area (Å²) in [6.07, 6.45) is 1.64. The molecular weight excluding hydrogens is 431 g/mol. The number of carbonyl (C=O) groups is 2. The van der Waals surface area contributed by atoms with Crippen LogP contribution in [0, 0.1) is 12.7 Å². The van der Waals surface area contributed by atoms with Gasteiger partial charge >= 0.3 is 0 Å². The number of aromatic nitrogens is 2. The van der Waals surface area contributed by atoms with Crippen LogP contribution in [-0.4, -0.2) is 33.5 Å². The molecule has 2 amide bonds. The van der Waals surface area contributed by atoms with Crippen LogP contribution in [0.15, 0.2) is 79.0 Å². The first kappa shape index (κ1) is 22.9. The minimum Gasteiger partial charge on any atom is -0.342 e. The molecule has 0 radical (unpaired) electrons. The number of aryl methyl sites for hydroxylation is 1. The van der Waals surface area contributed by atoms with Gasteiger partial charge in [0.25, 0.3) is 5.91 Å². The molecule has 0 aliphatic heterocycles. The first-order chi connectivity index (χ1) is 16.3. The maximum atomic E-state index is 13.5. The van der Waals surface area contributed by atoms with Gasteiger partial charge in [-0.3, -0.25) is 9.59 Å². The van der Waals surface area contributed by atoms with Gasteiger partial charge in [0.1, 0.15) is 11.5 Å². The fourth-order valence-electron chi connectivity index (χ4n) is 3.61. The Morgan fingerprint density at radius 2 is 1.76 bits per heavy atom. The molecule has 0 saturated carbocycles. The average molecular weight is 457 g/mol. The largest absolute Gasteiger partial charge is 0.342 e. The van der Waals surface area contributed by atoms with E-state index < -0.39 is 0 Å². The van der Waals surface area contributed by atoms with E-state index in [0.29, 0.717) is 29.2 Å². The summed E-state index contributed by atoms with van der Waals surface area (Å²) in [6, 6.07) is 21.0. The maximum absolute atomic E-state index is 13.5. The summed E-state index contributed by atoms with van der Waals surface area (Å²) >= 11 is 0. The summed E-state index contributed by atoms with van der Waals surface area (Å²) in [4.78, 5) is 26.7. The fraction of sp³-hybridized carbons (Fsp3) is 0.148. The van der Waals surface area contributed by atoms with E-state index in [1.807, 2.05) is 49.4 Å². The smallest absolute Gasteiger partial charge is 0.259 e. The Morgan fingerprint density at radius 3 is 2.47 bits per heavy atom. The Hall–Kier alpha value is -4.26. The maximum Gasteiger partial charge on any atom is 0.259 e. The zero-order chi connectivity index (χ0) is 24.2. The number of halogens is 1. The van der Waals surface area contributed by atoms with E-state index in [9.17, 15) is 14.0 Å². The van der Waals surface area contributed by atoms with Crippen molar-refractivity contribution in [2.24, 2.45) is 0 Å². The number of anilines is 1. The quantitative estimate of drug-likeness (QED) is 0.433. The number of rotatable bonds is 6. The zero-order valence-electron chi connectivity index (χ0n) is 19.2. The summed E-state index contributed by atoms with van der Waals surface area (Å²) in [5.41, 5.74) is 4.81. The number of carbonyl (C=O) groups excluding carboxylic acids is 2. The SMILES string of the molecule is CC(=O)N(C)Cc1ccccc1NC(=O)c1cn(-c2ccc(F)cc2)nc1-c1cccc(C)c1. The normalized spacial score (nSPS) is 10.7. The minimum atomic E-state index is -0.347. The number of amides is 2. The molecule has 0 saturated heterocycles. The van der Waals surface area contributed by atoms with Crippen molar-refractivity contribution in [1.82, 2.24) is 14.7 Å². The molecule has 0 aliphatic carbocycles. The molecule has 34 heavy (non-hydrogen) atoms. The second-order valence-electron chi connectivity index (χ2n) is 8.17. The van der Waals surface area contributed by atoms with Gasteiger partial charge in [-0.05, 0) is 48.9 Å². The number of nitrogens with one attached hydrogen (secondary N) is 1. The van der Waals surface area contributed by atoms with Crippen LogP contribution in [0.4, 0.5) is 10.1 Å². The molecule has 7 heteroatoms. The standard InChI is InChI=1S/C27H25FN4O2/c1-18-7-6-9-20(15-18)26-24(17-32(30-26)23-13-11-22(28)12-14-23)27(34)29-25-10-5-4-8-21(25)16-31(3)19(2)33/h4-15,17H,16H2,1-3H3,(H,29,34). The van der Waals surface area contributed by atoms with Crippen LogP contribution in [0.25, 0.3) is 16.9 Å². The van der Waals surface area contributed by atoms with Gasteiger partial charge < -0.3 is 10.2 Å². The predicted octanol–water partition coefficient (Wildman–Crippen LogP) is 5.22. The highest BCUT2D eigenvalue weighted by atomic mass is 19.1. The summed E-state index contributed by atoms with van der Waals surface area (Å²) in [6.45, 7) is 3.84. The van der Waals surface area contributed by atoms with Gasteiger partial charge in [0.15, 0.2) is 0 Å². The molecule has 0 atom stereocenters. The average Bonchev–Trinajstić information content (AvgIpc) is 3.26. The van der Waals surface area contributed by atoms with E-state index in [1.54, 1.807) is 41.0 Å². The molecule has 4 rings (SSSR count). The third kappa shape index (κ3) is 5.04. The van der Waals surface area contributed by atoms with Crippen LogP contribution >= 0.6 is 0 Å². The monoisotopic (exact) mass is 456 g/mol. The van der Waals surface area contributed by atoms with Crippen molar-refractivity contribution < 1.29 is 14.0 Å².